The van der Waals surface area contributed by atoms with Crippen LogP contribution in [0, 0.1) is 11.6 Å². The molecule has 4 rings (SSSR count). The molecule has 2 amide bonds. The molecule has 2 aromatic carbocycles. The standard InChI is InChI=1S/C21H18F2N4O2/c22-14-10-8-13(9-11-14)12-19(28)24-25-21(29)20-15-4-3-7-17(15)27(26-20)18-6-2-1-5-16(18)23/h1-2,5-6,8-11H,3-4,7,12H2,(H,24,28)(H,25,29). The van der Waals surface area contributed by atoms with E-state index in [1.165, 1.54) is 35.0 Å². The number of fused-ring (bicyclic) bond motifs is 1. The number of nitrogens with zero attached hydrogens (tertiary/aromatic N) is 2. The van der Waals surface area contributed by atoms with Crippen LogP contribution in [0.25, 0.3) is 5.69 Å². The lowest BCUT2D eigenvalue weighted by Crippen LogP contribution is -2.42. The normalized spacial score (nSPS) is 12.5. The van der Waals surface area contributed by atoms with Gasteiger partial charge in [0.25, 0.3) is 5.91 Å². The van der Waals surface area contributed by atoms with E-state index in [2.05, 4.69) is 16.0 Å². The first-order valence-electron chi connectivity index (χ1n) is 9.22. The van der Waals surface area contributed by atoms with Crippen LogP contribution in [0.4, 0.5) is 8.78 Å². The number of nitrogens with one attached hydrogen (secondary N) is 2. The van der Waals surface area contributed by atoms with Gasteiger partial charge in [0.05, 0.1) is 6.42 Å². The Hall–Kier alpha value is -3.55. The van der Waals surface area contributed by atoms with Gasteiger partial charge < -0.3 is 0 Å². The zero-order chi connectivity index (χ0) is 20.4. The first kappa shape index (κ1) is 18.8. The fourth-order valence-electron chi connectivity index (χ4n) is 3.46. The van der Waals surface area contributed by atoms with E-state index in [1.54, 1.807) is 18.2 Å². The Bertz CT molecular complexity index is 1080. The summed E-state index contributed by atoms with van der Waals surface area (Å²) in [6.07, 6.45) is 2.19. The van der Waals surface area contributed by atoms with Crippen LogP contribution in [0.5, 0.6) is 0 Å². The lowest BCUT2D eigenvalue weighted by atomic mass is 10.1. The summed E-state index contributed by atoms with van der Waals surface area (Å²) >= 11 is 0. The van der Waals surface area contributed by atoms with Crippen LogP contribution in [0.3, 0.4) is 0 Å². The molecule has 2 N–H and O–H groups in total. The maximum atomic E-state index is 14.2. The average molecular weight is 396 g/mol. The highest BCUT2D eigenvalue weighted by Crippen LogP contribution is 2.28. The van der Waals surface area contributed by atoms with Gasteiger partial charge in [-0.1, -0.05) is 24.3 Å². The Morgan fingerprint density at radius 1 is 1.00 bits per heavy atom. The molecule has 3 aromatic rings. The highest BCUT2D eigenvalue weighted by Gasteiger charge is 2.27. The van der Waals surface area contributed by atoms with Gasteiger partial charge in [-0.3, -0.25) is 20.4 Å². The fourth-order valence-corrected chi connectivity index (χ4v) is 3.46. The van der Waals surface area contributed by atoms with E-state index in [0.717, 1.165) is 17.7 Å². The molecule has 0 saturated carbocycles. The number of benzene rings is 2. The van der Waals surface area contributed by atoms with Crippen molar-refractivity contribution in [2.24, 2.45) is 0 Å². The summed E-state index contributed by atoms with van der Waals surface area (Å²) in [5.74, 6) is -1.83. The van der Waals surface area contributed by atoms with Gasteiger partial charge in [0.2, 0.25) is 5.91 Å². The van der Waals surface area contributed by atoms with E-state index in [9.17, 15) is 18.4 Å². The summed E-state index contributed by atoms with van der Waals surface area (Å²) < 4.78 is 28.6. The van der Waals surface area contributed by atoms with E-state index in [0.29, 0.717) is 18.4 Å². The molecule has 1 aromatic heterocycles. The zero-order valence-electron chi connectivity index (χ0n) is 15.4. The van der Waals surface area contributed by atoms with Crippen molar-refractivity contribution in [3.05, 3.63) is 82.7 Å². The molecule has 8 heteroatoms. The third-order valence-corrected chi connectivity index (χ3v) is 4.82. The van der Waals surface area contributed by atoms with E-state index >= 15 is 0 Å². The van der Waals surface area contributed by atoms with Crippen LogP contribution in [-0.2, 0) is 24.1 Å². The fraction of sp³-hybridized carbons (Fsp3) is 0.190. The summed E-state index contributed by atoms with van der Waals surface area (Å²) in [5.41, 5.74) is 7.33. The van der Waals surface area contributed by atoms with Crippen molar-refractivity contribution in [3.8, 4) is 5.69 Å². The number of aromatic nitrogens is 2. The van der Waals surface area contributed by atoms with Crippen LogP contribution in [-0.4, -0.2) is 21.6 Å². The molecule has 0 aliphatic heterocycles. The highest BCUT2D eigenvalue weighted by molar-refractivity contribution is 5.95. The van der Waals surface area contributed by atoms with Gasteiger partial charge in [0, 0.05) is 11.3 Å². The van der Waals surface area contributed by atoms with Crippen molar-refractivity contribution < 1.29 is 18.4 Å². The molecule has 0 bridgehead atoms. The van der Waals surface area contributed by atoms with Crippen molar-refractivity contribution >= 4 is 11.8 Å². The Morgan fingerprint density at radius 3 is 2.52 bits per heavy atom. The van der Waals surface area contributed by atoms with E-state index in [1.807, 2.05) is 0 Å². The van der Waals surface area contributed by atoms with Crippen molar-refractivity contribution in [1.82, 2.24) is 20.6 Å². The number of halogens is 2. The minimum atomic E-state index is -0.564. The Kier molecular flexibility index (Phi) is 5.07. The first-order chi connectivity index (χ1) is 14.0. The first-order valence-corrected chi connectivity index (χ1v) is 9.22. The number of hydrogen-bond acceptors (Lipinski definition) is 3. The lowest BCUT2D eigenvalue weighted by molar-refractivity contribution is -0.121. The third-order valence-electron chi connectivity index (χ3n) is 4.82. The van der Waals surface area contributed by atoms with E-state index in [-0.39, 0.29) is 23.6 Å². The van der Waals surface area contributed by atoms with Crippen LogP contribution in [0.1, 0.15) is 33.7 Å². The second kappa shape index (κ2) is 7.83. The molecular weight excluding hydrogens is 378 g/mol. The molecule has 6 nitrogen and oxygen atoms in total. The van der Waals surface area contributed by atoms with Crippen molar-refractivity contribution in [2.75, 3.05) is 0 Å². The SMILES string of the molecule is O=C(Cc1ccc(F)cc1)NNC(=O)c1nn(-c2ccccc2F)c2c1CCC2. The summed E-state index contributed by atoms with van der Waals surface area (Å²) in [5, 5.41) is 4.31. The van der Waals surface area contributed by atoms with Gasteiger partial charge in [-0.05, 0) is 49.1 Å². The van der Waals surface area contributed by atoms with Crippen molar-refractivity contribution in [2.45, 2.75) is 25.7 Å². The van der Waals surface area contributed by atoms with Gasteiger partial charge in [-0.2, -0.15) is 5.10 Å². The second-order valence-corrected chi connectivity index (χ2v) is 6.80. The molecule has 148 valence electrons. The van der Waals surface area contributed by atoms with E-state index in [4.69, 9.17) is 0 Å². The predicted octanol–water partition coefficient (Wildman–Crippen LogP) is 2.64. The quantitative estimate of drug-likeness (QED) is 0.666. The monoisotopic (exact) mass is 396 g/mol. The number of carbonyl (C=O) groups is 2. The van der Waals surface area contributed by atoms with Gasteiger partial charge in [-0.25, -0.2) is 13.5 Å². The van der Waals surface area contributed by atoms with E-state index < -0.39 is 17.6 Å². The van der Waals surface area contributed by atoms with Gasteiger partial charge in [0.1, 0.15) is 17.3 Å². The summed E-state index contributed by atoms with van der Waals surface area (Å²) in [6, 6.07) is 11.8. The molecule has 0 saturated heterocycles. The summed E-state index contributed by atoms with van der Waals surface area (Å²) in [6.45, 7) is 0. The molecule has 0 radical (unpaired) electrons. The average Bonchev–Trinajstić information content (AvgIpc) is 3.31. The van der Waals surface area contributed by atoms with Crippen LogP contribution in [0.2, 0.25) is 0 Å². The number of rotatable bonds is 4. The van der Waals surface area contributed by atoms with Crippen LogP contribution >= 0.6 is 0 Å². The van der Waals surface area contributed by atoms with Crippen LogP contribution in [0.15, 0.2) is 48.5 Å². The minimum absolute atomic E-state index is 0.0116. The number of para-hydroxylation sites is 1. The topological polar surface area (TPSA) is 76.0 Å². The summed E-state index contributed by atoms with van der Waals surface area (Å²) in [7, 11) is 0. The van der Waals surface area contributed by atoms with Gasteiger partial charge in [0.15, 0.2) is 5.69 Å². The zero-order valence-corrected chi connectivity index (χ0v) is 15.4. The van der Waals surface area contributed by atoms with Gasteiger partial charge >= 0.3 is 0 Å². The van der Waals surface area contributed by atoms with Crippen molar-refractivity contribution in [1.29, 1.82) is 0 Å². The molecule has 0 atom stereocenters. The molecule has 0 spiro atoms. The molecule has 1 heterocycles. The molecule has 0 fully saturated rings. The maximum absolute atomic E-state index is 14.2. The Balaban J connectivity index is 1.48. The van der Waals surface area contributed by atoms with Crippen LogP contribution < -0.4 is 10.9 Å². The highest BCUT2D eigenvalue weighted by atomic mass is 19.1. The smallest absolute Gasteiger partial charge is 0.273 e. The minimum Gasteiger partial charge on any atom is -0.273 e. The number of hydrogen-bond donors (Lipinski definition) is 2. The van der Waals surface area contributed by atoms with Gasteiger partial charge in [-0.15, -0.1) is 0 Å². The number of carbonyl (C=O) groups excluding carboxylic acids is 2. The lowest BCUT2D eigenvalue weighted by Gasteiger charge is -2.07. The largest absolute Gasteiger partial charge is 0.290 e. The maximum Gasteiger partial charge on any atom is 0.290 e. The molecule has 1 aliphatic rings. The molecule has 0 unspecified atom stereocenters. The molecule has 1 aliphatic carbocycles. The van der Waals surface area contributed by atoms with Crippen molar-refractivity contribution in [3.63, 3.8) is 0 Å². The second-order valence-electron chi connectivity index (χ2n) is 6.80. The Morgan fingerprint density at radius 2 is 1.76 bits per heavy atom. The number of amides is 2. The molecular formula is C21H18F2N4O2. The Labute approximate surface area is 165 Å². The third kappa shape index (κ3) is 3.87. The molecule has 29 heavy (non-hydrogen) atoms. The number of hydrazine groups is 1. The summed E-state index contributed by atoms with van der Waals surface area (Å²) in [4.78, 5) is 24.6. The predicted molar refractivity (Wildman–Crippen MR) is 101 cm³/mol.